The summed E-state index contributed by atoms with van der Waals surface area (Å²) in [4.78, 5) is 28.7. The summed E-state index contributed by atoms with van der Waals surface area (Å²) >= 11 is 3.05. The van der Waals surface area contributed by atoms with Gasteiger partial charge in [-0.25, -0.2) is 4.98 Å². The Morgan fingerprint density at radius 1 is 1.46 bits per heavy atom. The Balaban J connectivity index is 0.000000620. The summed E-state index contributed by atoms with van der Waals surface area (Å²) in [5.41, 5.74) is 6.49. The molecule has 137 valence electrons. The van der Waals surface area contributed by atoms with Gasteiger partial charge in [0.2, 0.25) is 0 Å². The van der Waals surface area contributed by atoms with Crippen LogP contribution in [0.25, 0.3) is 0 Å². The summed E-state index contributed by atoms with van der Waals surface area (Å²) in [6.07, 6.45) is 12.2. The Morgan fingerprint density at radius 2 is 2.17 bits per heavy atom. The Bertz CT molecular complexity index is 463. The van der Waals surface area contributed by atoms with E-state index in [-0.39, 0.29) is 12.3 Å². The Kier molecular flexibility index (Phi) is 14.4. The maximum atomic E-state index is 11.5. The van der Waals surface area contributed by atoms with Crippen LogP contribution >= 0.6 is 0 Å². The van der Waals surface area contributed by atoms with Crippen LogP contribution in [0.4, 0.5) is 0 Å². The van der Waals surface area contributed by atoms with Gasteiger partial charge in [-0.05, 0) is 0 Å². The van der Waals surface area contributed by atoms with Crippen LogP contribution in [0.2, 0.25) is 0 Å². The van der Waals surface area contributed by atoms with Crippen molar-refractivity contribution in [3.8, 4) is 0 Å². The topological polar surface area (TPSA) is 101 Å². The molecule has 0 saturated heterocycles. The van der Waals surface area contributed by atoms with E-state index in [0.717, 1.165) is 31.4 Å². The van der Waals surface area contributed by atoms with Gasteiger partial charge in [0.1, 0.15) is 0 Å². The average Bonchev–Trinajstić information content (AvgIpc) is 3.08. The third-order valence-electron chi connectivity index (χ3n) is 3.21. The molecule has 6 nitrogen and oxygen atoms in total. The molecule has 7 heteroatoms. The number of nitrogens with zero attached hydrogens (tertiary/aromatic N) is 1. The van der Waals surface area contributed by atoms with Gasteiger partial charge in [-0.15, -0.1) is 6.42 Å². The van der Waals surface area contributed by atoms with E-state index in [0.29, 0.717) is 11.0 Å². The molecule has 0 aliphatic carbocycles. The number of rotatable bonds is 11. The summed E-state index contributed by atoms with van der Waals surface area (Å²) in [6, 6.07) is -0.641. The molecule has 1 aromatic heterocycles. The molecule has 0 bridgehead atoms. The van der Waals surface area contributed by atoms with Crippen LogP contribution in [-0.2, 0) is 31.6 Å². The quantitative estimate of drug-likeness (QED) is 0.312. The van der Waals surface area contributed by atoms with Gasteiger partial charge in [0.15, 0.2) is 0 Å². The third-order valence-corrected chi connectivity index (χ3v) is 3.45. The Hall–Kier alpha value is -1.30. The van der Waals surface area contributed by atoms with Crippen LogP contribution in [0.15, 0.2) is 12.5 Å². The molecule has 0 radical (unpaired) electrons. The molecule has 24 heavy (non-hydrogen) atoms. The van der Waals surface area contributed by atoms with Gasteiger partial charge in [-0.2, -0.15) is 0 Å². The zero-order chi connectivity index (χ0) is 18.2. The van der Waals surface area contributed by atoms with E-state index in [1.54, 1.807) is 18.8 Å². The number of amides is 1. The van der Waals surface area contributed by atoms with Crippen molar-refractivity contribution in [1.82, 2.24) is 15.3 Å². The van der Waals surface area contributed by atoms with Gasteiger partial charge in [0.25, 0.3) is 0 Å². The van der Waals surface area contributed by atoms with Crippen LogP contribution in [0, 0.1) is 6.92 Å². The number of unbranched alkanes of at least 4 members (excludes halogenated alkanes) is 4. The fourth-order valence-electron chi connectivity index (χ4n) is 1.89. The number of carbonyl (C=O) groups is 1. The van der Waals surface area contributed by atoms with Gasteiger partial charge in [0.05, 0.1) is 6.33 Å². The van der Waals surface area contributed by atoms with Gasteiger partial charge in [-0.3, -0.25) is 0 Å². The average molecular weight is 375 g/mol. The molecule has 0 spiro atoms. The summed E-state index contributed by atoms with van der Waals surface area (Å²) in [5.74, 6) is -0.108. The normalized spacial score (nSPS) is 11.1. The van der Waals surface area contributed by atoms with Crippen LogP contribution < -0.4 is 11.1 Å². The third kappa shape index (κ3) is 13.2. The van der Waals surface area contributed by atoms with Crippen molar-refractivity contribution in [2.45, 2.75) is 64.3 Å². The minimum Gasteiger partial charge on any atom is -0.351 e. The fourth-order valence-corrected chi connectivity index (χ4v) is 2.14. The summed E-state index contributed by atoms with van der Waals surface area (Å²) < 4.78 is 0.439. The van der Waals surface area contributed by atoms with Crippen LogP contribution in [0.3, 0.4) is 0 Å². The molecule has 1 rings (SSSR count). The van der Waals surface area contributed by atoms with Crippen molar-refractivity contribution in [1.29, 1.82) is 0 Å². The van der Waals surface area contributed by atoms with Gasteiger partial charge in [0, 0.05) is 11.9 Å². The molecule has 1 heterocycles. The largest absolute Gasteiger partial charge is 0.351 e. The standard InChI is InChI=1S/C12H21N2O2.C5H7N2.Mn/c1-2-3-4-5-6-7-12(16)14-11(10-15)8-9-13;1-2-5-3-6-4-7-5;/h11H,2-8,13H2,1H3,(H,14,16);3-4H,1-2H2,(H,6,7);/q2*-1;/t11-;;/m1../s1. The van der Waals surface area contributed by atoms with E-state index >= 15 is 0 Å². The fraction of sp³-hybridized carbons (Fsp3) is 0.588. The molecule has 4 N–H and O–H groups in total. The van der Waals surface area contributed by atoms with Crippen LogP contribution in [-0.4, -0.2) is 32.7 Å². The van der Waals surface area contributed by atoms with Crippen LogP contribution in [0.5, 0.6) is 0 Å². The molecule has 0 aromatic carbocycles. The molecular weight excluding hydrogens is 347 g/mol. The minimum atomic E-state index is -0.641. The number of nitrogens with two attached hydrogens (primary N) is 1. The molecule has 1 atom stereocenters. The van der Waals surface area contributed by atoms with Crippen molar-refractivity contribution in [2.24, 2.45) is 5.73 Å². The second-order valence-electron chi connectivity index (χ2n) is 5.38. The van der Waals surface area contributed by atoms with Crippen molar-refractivity contribution >= 4 is 16.7 Å². The van der Waals surface area contributed by atoms with E-state index in [2.05, 4.69) is 44.7 Å². The van der Waals surface area contributed by atoms with Gasteiger partial charge >= 0.3 is 111 Å². The first-order valence-corrected chi connectivity index (χ1v) is 8.82. The van der Waals surface area contributed by atoms with E-state index in [1.165, 1.54) is 12.8 Å². The van der Waals surface area contributed by atoms with Crippen molar-refractivity contribution < 1.29 is 25.2 Å². The SMILES string of the molecule is CCCCCCCC(=O)N[C@@H]([C-]=O)C[C](N)=[Mn].[CH2-]Cc1cnc[nH]1. The minimum absolute atomic E-state index is 0.108. The van der Waals surface area contributed by atoms with Crippen molar-refractivity contribution in [2.75, 3.05) is 0 Å². The molecule has 0 fully saturated rings. The van der Waals surface area contributed by atoms with Crippen molar-refractivity contribution in [3.63, 3.8) is 0 Å². The predicted octanol–water partition coefficient (Wildman–Crippen LogP) is 1.75. The molecule has 1 aromatic rings. The number of hydrogen-bond acceptors (Lipinski definition) is 4. The molecule has 0 unspecified atom stereocenters. The van der Waals surface area contributed by atoms with Gasteiger partial charge in [-0.1, -0.05) is 0 Å². The number of imidazole rings is 1. The Labute approximate surface area is 152 Å². The summed E-state index contributed by atoms with van der Waals surface area (Å²) in [6.45, 7) is 5.81. The molecule has 0 saturated carbocycles. The predicted molar refractivity (Wildman–Crippen MR) is 92.5 cm³/mol. The van der Waals surface area contributed by atoms with Crippen LogP contribution in [0.1, 0.15) is 57.6 Å². The molecule has 0 aliphatic rings. The second kappa shape index (κ2) is 15.2. The van der Waals surface area contributed by atoms with Crippen molar-refractivity contribution in [3.05, 3.63) is 25.1 Å². The first-order chi connectivity index (χ1) is 11.5. The second-order valence-corrected chi connectivity index (χ2v) is 6.14. The molecule has 1 amide bonds. The monoisotopic (exact) mass is 375 g/mol. The Morgan fingerprint density at radius 3 is 2.62 bits per heavy atom. The van der Waals surface area contributed by atoms with Gasteiger partial charge < -0.3 is 11.9 Å². The smallest absolute Gasteiger partial charge is 0.0920 e. The molecule has 0 aliphatic heterocycles. The zero-order valence-electron chi connectivity index (χ0n) is 14.3. The number of H-pyrrole nitrogens is 1. The number of aromatic amines is 1. The first-order valence-electron chi connectivity index (χ1n) is 8.23. The summed E-state index contributed by atoms with van der Waals surface area (Å²) in [7, 11) is 0. The maximum Gasteiger partial charge on any atom is 0.0920 e. The summed E-state index contributed by atoms with van der Waals surface area (Å²) in [5, 5.41) is 2.60. The first kappa shape index (κ1) is 22.7. The van der Waals surface area contributed by atoms with E-state index < -0.39 is 6.04 Å². The van der Waals surface area contributed by atoms with E-state index in [1.807, 2.05) is 0 Å². The number of hydrogen-bond donors (Lipinski definition) is 3. The number of nitrogens with one attached hydrogen (secondary N) is 2. The van der Waals surface area contributed by atoms with E-state index in [4.69, 9.17) is 5.73 Å². The maximum absolute atomic E-state index is 11.5. The van der Waals surface area contributed by atoms with E-state index in [9.17, 15) is 9.59 Å². The molecular formula is C17H28MnN4O2-2. The number of carbonyl (C=O) groups excluding carboxylic acids is 2. The zero-order valence-corrected chi connectivity index (χ0v) is 15.5. The number of aromatic nitrogens is 2.